The molecule has 152 valence electrons. The number of aryl methyl sites for hydroxylation is 2. The van der Waals surface area contributed by atoms with Crippen LogP contribution in [0, 0.1) is 0 Å². The first-order valence-corrected chi connectivity index (χ1v) is 9.79. The summed E-state index contributed by atoms with van der Waals surface area (Å²) in [5.41, 5.74) is 4.92. The third-order valence-electron chi connectivity index (χ3n) is 4.86. The SMILES string of the molecule is COc1cc(-c2ncn(C)c2-c2ccc3c(c2)c(Cl)cn3C)cc(Br)c1OC.Cl. The molecule has 0 spiro atoms. The van der Waals surface area contributed by atoms with Crippen molar-refractivity contribution >= 4 is 50.8 Å². The zero-order valence-electron chi connectivity index (χ0n) is 16.4. The molecule has 8 heteroatoms. The summed E-state index contributed by atoms with van der Waals surface area (Å²) in [5, 5.41) is 1.75. The Bertz CT molecular complexity index is 1200. The van der Waals surface area contributed by atoms with E-state index in [1.807, 2.05) is 47.9 Å². The maximum Gasteiger partial charge on any atom is 0.174 e. The van der Waals surface area contributed by atoms with E-state index in [0.717, 1.165) is 42.9 Å². The zero-order valence-corrected chi connectivity index (χ0v) is 19.5. The van der Waals surface area contributed by atoms with E-state index in [9.17, 15) is 0 Å². The molecule has 0 atom stereocenters. The van der Waals surface area contributed by atoms with E-state index < -0.39 is 0 Å². The molecule has 0 saturated carbocycles. The minimum Gasteiger partial charge on any atom is -0.493 e. The fraction of sp³-hybridized carbons (Fsp3) is 0.190. The Morgan fingerprint density at radius 2 is 1.76 bits per heavy atom. The highest BCUT2D eigenvalue weighted by atomic mass is 79.9. The molecule has 0 bridgehead atoms. The Hall–Kier alpha value is -2.15. The van der Waals surface area contributed by atoms with Crippen LogP contribution in [0.5, 0.6) is 11.5 Å². The van der Waals surface area contributed by atoms with Crippen LogP contribution < -0.4 is 9.47 Å². The highest BCUT2D eigenvalue weighted by Gasteiger charge is 2.18. The summed E-state index contributed by atoms with van der Waals surface area (Å²) in [6.45, 7) is 0. The third-order valence-corrected chi connectivity index (χ3v) is 5.75. The van der Waals surface area contributed by atoms with Crippen molar-refractivity contribution in [1.29, 1.82) is 0 Å². The molecule has 2 aromatic carbocycles. The summed E-state index contributed by atoms with van der Waals surface area (Å²) in [6, 6.07) is 10.2. The Morgan fingerprint density at radius 3 is 2.45 bits per heavy atom. The van der Waals surface area contributed by atoms with Crippen LogP contribution in [-0.4, -0.2) is 28.3 Å². The van der Waals surface area contributed by atoms with Gasteiger partial charge in [0.2, 0.25) is 0 Å². The van der Waals surface area contributed by atoms with E-state index in [2.05, 4.69) is 39.1 Å². The Balaban J connectivity index is 0.00000240. The van der Waals surface area contributed by atoms with Gasteiger partial charge < -0.3 is 18.6 Å². The third kappa shape index (κ3) is 3.61. The van der Waals surface area contributed by atoms with Crippen LogP contribution in [0.1, 0.15) is 0 Å². The fourth-order valence-electron chi connectivity index (χ4n) is 3.53. The van der Waals surface area contributed by atoms with Crippen molar-refractivity contribution in [2.75, 3.05) is 14.2 Å². The molecule has 0 aliphatic carbocycles. The van der Waals surface area contributed by atoms with E-state index in [0.29, 0.717) is 11.5 Å². The molecule has 0 unspecified atom stereocenters. The number of hydrogen-bond acceptors (Lipinski definition) is 3. The molecule has 2 heterocycles. The van der Waals surface area contributed by atoms with Gasteiger partial charge in [0, 0.05) is 42.3 Å². The average molecular weight is 497 g/mol. The van der Waals surface area contributed by atoms with Crippen LogP contribution in [0.4, 0.5) is 0 Å². The summed E-state index contributed by atoms with van der Waals surface area (Å²) in [6.07, 6.45) is 3.73. The number of hydrogen-bond donors (Lipinski definition) is 0. The number of methoxy groups -OCH3 is 2. The highest BCUT2D eigenvalue weighted by Crippen LogP contribution is 2.41. The molecule has 0 radical (unpaired) electrons. The highest BCUT2D eigenvalue weighted by molar-refractivity contribution is 9.10. The first kappa shape index (κ1) is 21.6. The van der Waals surface area contributed by atoms with E-state index in [-0.39, 0.29) is 12.4 Å². The number of rotatable bonds is 4. The maximum absolute atomic E-state index is 6.42. The molecule has 0 aliphatic rings. The monoisotopic (exact) mass is 495 g/mol. The van der Waals surface area contributed by atoms with E-state index in [4.69, 9.17) is 21.1 Å². The van der Waals surface area contributed by atoms with Gasteiger partial charge in [0.25, 0.3) is 0 Å². The minimum absolute atomic E-state index is 0. The van der Waals surface area contributed by atoms with Gasteiger partial charge in [0.1, 0.15) is 0 Å². The van der Waals surface area contributed by atoms with Gasteiger partial charge in [-0.2, -0.15) is 0 Å². The summed E-state index contributed by atoms with van der Waals surface area (Å²) >= 11 is 9.99. The first-order chi connectivity index (χ1) is 13.4. The lowest BCUT2D eigenvalue weighted by Crippen LogP contribution is -1.95. The van der Waals surface area contributed by atoms with Crippen LogP contribution in [0.25, 0.3) is 33.4 Å². The van der Waals surface area contributed by atoms with Crippen LogP contribution in [0.15, 0.2) is 47.3 Å². The number of ether oxygens (including phenoxy) is 2. The molecular weight excluding hydrogens is 477 g/mol. The Kier molecular flexibility index (Phi) is 6.17. The van der Waals surface area contributed by atoms with Crippen molar-refractivity contribution in [2.45, 2.75) is 0 Å². The number of aromatic nitrogens is 3. The second kappa shape index (κ2) is 8.30. The summed E-state index contributed by atoms with van der Waals surface area (Å²) < 4.78 is 15.8. The predicted octanol–water partition coefficient (Wildman–Crippen LogP) is 6.10. The van der Waals surface area contributed by atoms with Gasteiger partial charge in [-0.15, -0.1) is 12.4 Å². The maximum atomic E-state index is 6.42. The van der Waals surface area contributed by atoms with Gasteiger partial charge in [-0.3, -0.25) is 0 Å². The number of fused-ring (bicyclic) bond motifs is 1. The van der Waals surface area contributed by atoms with Crippen LogP contribution in [0.3, 0.4) is 0 Å². The normalized spacial score (nSPS) is 10.8. The Labute approximate surface area is 188 Å². The van der Waals surface area contributed by atoms with Gasteiger partial charge in [-0.1, -0.05) is 17.7 Å². The van der Waals surface area contributed by atoms with Gasteiger partial charge in [0.05, 0.1) is 41.4 Å². The topological polar surface area (TPSA) is 41.2 Å². The van der Waals surface area contributed by atoms with Crippen molar-refractivity contribution in [3.63, 3.8) is 0 Å². The molecule has 0 amide bonds. The zero-order chi connectivity index (χ0) is 20.0. The second-order valence-corrected chi connectivity index (χ2v) is 7.83. The molecule has 2 aromatic heterocycles. The summed E-state index contributed by atoms with van der Waals surface area (Å²) in [7, 11) is 7.22. The lowest BCUT2D eigenvalue weighted by atomic mass is 10.0. The van der Waals surface area contributed by atoms with Crippen LogP contribution in [-0.2, 0) is 14.1 Å². The van der Waals surface area contributed by atoms with Crippen LogP contribution >= 0.6 is 39.9 Å². The molecule has 4 rings (SSSR count). The lowest BCUT2D eigenvalue weighted by Gasteiger charge is -2.13. The Morgan fingerprint density at radius 1 is 1.00 bits per heavy atom. The molecule has 0 aliphatic heterocycles. The first-order valence-electron chi connectivity index (χ1n) is 8.62. The molecule has 5 nitrogen and oxygen atoms in total. The van der Waals surface area contributed by atoms with E-state index in [1.165, 1.54) is 0 Å². The average Bonchev–Trinajstić information content (AvgIpc) is 3.20. The smallest absolute Gasteiger partial charge is 0.174 e. The van der Waals surface area contributed by atoms with Gasteiger partial charge >= 0.3 is 0 Å². The largest absolute Gasteiger partial charge is 0.493 e. The summed E-state index contributed by atoms with van der Waals surface area (Å²) in [5.74, 6) is 1.30. The molecule has 0 fully saturated rings. The van der Waals surface area contributed by atoms with Gasteiger partial charge in [-0.05, 0) is 40.2 Å². The van der Waals surface area contributed by atoms with Crippen molar-refractivity contribution < 1.29 is 9.47 Å². The number of benzene rings is 2. The fourth-order valence-corrected chi connectivity index (χ4v) is 4.43. The number of nitrogens with zero attached hydrogens (tertiary/aromatic N) is 3. The van der Waals surface area contributed by atoms with Crippen molar-refractivity contribution in [3.05, 3.63) is 52.4 Å². The van der Waals surface area contributed by atoms with Crippen molar-refractivity contribution in [1.82, 2.24) is 14.1 Å². The second-order valence-electron chi connectivity index (χ2n) is 6.57. The van der Waals surface area contributed by atoms with Crippen molar-refractivity contribution in [2.24, 2.45) is 14.1 Å². The van der Waals surface area contributed by atoms with E-state index >= 15 is 0 Å². The predicted molar refractivity (Wildman–Crippen MR) is 124 cm³/mol. The number of imidazole rings is 1. The molecule has 4 aromatic rings. The molecule has 29 heavy (non-hydrogen) atoms. The lowest BCUT2D eigenvalue weighted by molar-refractivity contribution is 0.353. The molecular formula is C21H20BrCl2N3O2. The quantitative estimate of drug-likeness (QED) is 0.342. The number of halogens is 3. The summed E-state index contributed by atoms with van der Waals surface area (Å²) in [4.78, 5) is 4.65. The minimum atomic E-state index is 0. The molecule has 0 saturated heterocycles. The molecule has 0 N–H and O–H groups in total. The van der Waals surface area contributed by atoms with Crippen LogP contribution in [0.2, 0.25) is 5.02 Å². The van der Waals surface area contributed by atoms with E-state index in [1.54, 1.807) is 14.2 Å². The standard InChI is InChI=1S/C21H19BrClN3O2.ClH/c1-25-10-16(23)14-7-12(5-6-17(14)25)20-19(24-11-26(20)2)13-8-15(22)21(28-4)18(9-13)27-3;/h5-11H,1-4H3;1H. The van der Waals surface area contributed by atoms with Crippen molar-refractivity contribution in [3.8, 4) is 34.0 Å². The van der Waals surface area contributed by atoms with Gasteiger partial charge in [-0.25, -0.2) is 4.98 Å². The van der Waals surface area contributed by atoms with Gasteiger partial charge in [0.15, 0.2) is 11.5 Å².